The van der Waals surface area contributed by atoms with Gasteiger partial charge in [0.05, 0.1) is 29.5 Å². The van der Waals surface area contributed by atoms with Gasteiger partial charge in [-0.05, 0) is 18.2 Å². The van der Waals surface area contributed by atoms with E-state index >= 15 is 0 Å². The van der Waals surface area contributed by atoms with Crippen molar-refractivity contribution in [2.75, 3.05) is 11.7 Å². The Labute approximate surface area is 137 Å². The number of hydrogen-bond acceptors (Lipinski definition) is 8. The summed E-state index contributed by atoms with van der Waals surface area (Å²) in [6.07, 6.45) is -2.18. The first-order valence-corrected chi connectivity index (χ1v) is 8.62. The molecule has 9 nitrogen and oxygen atoms in total. The van der Waals surface area contributed by atoms with E-state index in [9.17, 15) is 27.9 Å². The Bertz CT molecular complexity index is 756. The number of anilines is 1. The van der Waals surface area contributed by atoms with E-state index in [0.717, 1.165) is 24.5 Å². The molecule has 1 aromatic rings. The summed E-state index contributed by atoms with van der Waals surface area (Å²) in [4.78, 5) is 34.1. The monoisotopic (exact) mass is 359 g/mol. The number of sulfone groups is 1. The Kier molecular flexibility index (Phi) is 6.58. The first-order chi connectivity index (χ1) is 11.0. The summed E-state index contributed by atoms with van der Waals surface area (Å²) in [6.45, 7) is 0. The first-order valence-electron chi connectivity index (χ1n) is 6.73. The number of nitrogens with one attached hydrogen (secondary N) is 1. The van der Waals surface area contributed by atoms with Gasteiger partial charge in [0.2, 0.25) is 0 Å². The highest BCUT2D eigenvalue weighted by Crippen LogP contribution is 2.22. The number of Topliss-reactive ketones (excluding diaryl/α,β-unsaturated/α-hetero) is 2. The summed E-state index contributed by atoms with van der Waals surface area (Å²) in [5.74, 6) is -2.66. The second-order valence-corrected chi connectivity index (χ2v) is 7.20. The van der Waals surface area contributed by atoms with Crippen LogP contribution in [0.5, 0.6) is 0 Å². The molecule has 132 valence electrons. The van der Waals surface area contributed by atoms with E-state index in [-0.39, 0.29) is 16.1 Å². The number of aliphatic hydroxyl groups excluding tert-OH is 1. The van der Waals surface area contributed by atoms with Crippen molar-refractivity contribution >= 4 is 33.1 Å². The quantitative estimate of drug-likeness (QED) is 0.275. The van der Waals surface area contributed by atoms with E-state index in [0.29, 0.717) is 0 Å². The Morgan fingerprint density at radius 2 is 1.83 bits per heavy atom. The lowest BCUT2D eigenvalue weighted by atomic mass is 10.0. The van der Waals surface area contributed by atoms with Crippen molar-refractivity contribution in [1.29, 1.82) is 0 Å². The predicted molar refractivity (Wildman–Crippen MR) is 81.8 cm³/mol. The summed E-state index contributed by atoms with van der Waals surface area (Å²) in [5, 5.41) is 26.9. The van der Waals surface area contributed by atoms with Gasteiger partial charge in [0, 0.05) is 18.2 Å². The number of aliphatic hydroxyl groups is 1. The Balaban J connectivity index is 2.88. The third-order valence-electron chi connectivity index (χ3n) is 3.07. The molecule has 10 heteroatoms. The van der Waals surface area contributed by atoms with Gasteiger partial charge in [-0.2, -0.15) is 0 Å². The largest absolute Gasteiger partial charge is 0.481 e. The number of ketones is 2. The van der Waals surface area contributed by atoms with E-state index in [1.807, 2.05) is 0 Å². The third kappa shape index (κ3) is 5.72. The minimum absolute atomic E-state index is 0.106. The maximum atomic E-state index is 12.1. The molecule has 0 radical (unpaired) electrons. The van der Waals surface area contributed by atoms with Gasteiger partial charge in [-0.1, -0.05) is 0 Å². The van der Waals surface area contributed by atoms with Gasteiger partial charge in [0.25, 0.3) is 0 Å². The molecular formula is C14H17NO8S. The van der Waals surface area contributed by atoms with Crippen LogP contribution in [0.1, 0.15) is 29.6 Å². The third-order valence-corrected chi connectivity index (χ3v) is 4.18. The van der Waals surface area contributed by atoms with Gasteiger partial charge in [0.15, 0.2) is 15.6 Å². The van der Waals surface area contributed by atoms with Crippen LogP contribution in [0.3, 0.4) is 0 Å². The number of carboxylic acid groups (broad SMARTS) is 1. The molecular weight excluding hydrogens is 342 g/mol. The predicted octanol–water partition coefficient (Wildman–Crippen LogP) is 0.259. The summed E-state index contributed by atoms with van der Waals surface area (Å²) < 4.78 is 22.9. The lowest BCUT2D eigenvalue weighted by Gasteiger charge is -2.10. The number of carboxylic acids is 1. The number of carbonyl (C=O) groups is 3. The number of rotatable bonds is 9. The standard InChI is InChI=1S/C14H17NO8S/c1-24(22,23)10-2-3-11(12(7-10)15-21)13(18)5-8(16)4-9(17)6-14(19)20/h2-3,7,9,15,17,21H,4-6H2,1H3,(H,19,20). The molecule has 0 aromatic heterocycles. The molecule has 24 heavy (non-hydrogen) atoms. The van der Waals surface area contributed by atoms with Crippen LogP contribution >= 0.6 is 0 Å². The highest BCUT2D eigenvalue weighted by molar-refractivity contribution is 7.90. The van der Waals surface area contributed by atoms with Crippen molar-refractivity contribution < 1.29 is 38.2 Å². The van der Waals surface area contributed by atoms with Gasteiger partial charge >= 0.3 is 5.97 Å². The van der Waals surface area contributed by atoms with Gasteiger partial charge in [-0.3, -0.25) is 25.1 Å². The van der Waals surface area contributed by atoms with Crippen LogP contribution in [0, 0.1) is 0 Å². The van der Waals surface area contributed by atoms with Crippen LogP contribution in [0.4, 0.5) is 5.69 Å². The molecule has 0 spiro atoms. The maximum Gasteiger partial charge on any atom is 0.305 e. The number of aliphatic carboxylic acids is 1. The van der Waals surface area contributed by atoms with Gasteiger partial charge in [0.1, 0.15) is 5.78 Å². The minimum atomic E-state index is -3.55. The number of benzene rings is 1. The normalized spacial score (nSPS) is 12.5. The summed E-state index contributed by atoms with van der Waals surface area (Å²) in [7, 11) is -3.55. The zero-order valence-corrected chi connectivity index (χ0v) is 13.5. The fraction of sp³-hybridized carbons (Fsp3) is 0.357. The summed E-state index contributed by atoms with van der Waals surface area (Å²) >= 11 is 0. The molecule has 0 fully saturated rings. The maximum absolute atomic E-state index is 12.1. The second kappa shape index (κ2) is 7.99. The van der Waals surface area contributed by atoms with Crippen molar-refractivity contribution in [3.05, 3.63) is 23.8 Å². The van der Waals surface area contributed by atoms with E-state index in [1.165, 1.54) is 0 Å². The minimum Gasteiger partial charge on any atom is -0.481 e. The fourth-order valence-corrected chi connectivity index (χ4v) is 2.62. The molecule has 4 N–H and O–H groups in total. The Morgan fingerprint density at radius 1 is 1.21 bits per heavy atom. The SMILES string of the molecule is CS(=O)(=O)c1ccc(C(=O)CC(=O)CC(O)CC(=O)O)c(NO)c1. The van der Waals surface area contributed by atoms with E-state index in [4.69, 9.17) is 10.3 Å². The topological polar surface area (TPSA) is 158 Å². The molecule has 0 amide bonds. The van der Waals surface area contributed by atoms with E-state index in [1.54, 1.807) is 5.48 Å². The molecule has 1 atom stereocenters. The average Bonchev–Trinajstić information content (AvgIpc) is 2.44. The average molecular weight is 359 g/mol. The molecule has 0 saturated carbocycles. The summed E-state index contributed by atoms with van der Waals surface area (Å²) in [5.41, 5.74) is 1.42. The molecule has 0 aliphatic rings. The lowest BCUT2D eigenvalue weighted by Crippen LogP contribution is -2.19. The van der Waals surface area contributed by atoms with Crippen LogP contribution in [0.15, 0.2) is 23.1 Å². The van der Waals surface area contributed by atoms with Crippen molar-refractivity contribution in [2.24, 2.45) is 0 Å². The van der Waals surface area contributed by atoms with E-state index in [2.05, 4.69) is 0 Å². The highest BCUT2D eigenvalue weighted by Gasteiger charge is 2.20. The molecule has 1 aromatic carbocycles. The first kappa shape index (κ1) is 19.7. The summed E-state index contributed by atoms with van der Waals surface area (Å²) in [6, 6.07) is 3.36. The molecule has 0 heterocycles. The van der Waals surface area contributed by atoms with Gasteiger partial charge in [-0.25, -0.2) is 8.42 Å². The second-order valence-electron chi connectivity index (χ2n) is 5.19. The smallest absolute Gasteiger partial charge is 0.305 e. The fourth-order valence-electron chi connectivity index (χ4n) is 1.97. The van der Waals surface area contributed by atoms with Crippen molar-refractivity contribution in [2.45, 2.75) is 30.3 Å². The van der Waals surface area contributed by atoms with Crippen LogP contribution in [0.2, 0.25) is 0 Å². The zero-order chi connectivity index (χ0) is 18.5. The van der Waals surface area contributed by atoms with Gasteiger partial charge in [-0.15, -0.1) is 0 Å². The molecule has 0 saturated heterocycles. The van der Waals surface area contributed by atoms with Crippen LogP contribution in [-0.4, -0.2) is 53.7 Å². The van der Waals surface area contributed by atoms with Gasteiger partial charge < -0.3 is 10.2 Å². The number of hydrogen-bond donors (Lipinski definition) is 4. The molecule has 0 aliphatic heterocycles. The Morgan fingerprint density at radius 3 is 2.33 bits per heavy atom. The molecule has 1 unspecified atom stereocenters. The molecule has 0 aliphatic carbocycles. The van der Waals surface area contributed by atoms with E-state index < -0.39 is 52.7 Å². The van der Waals surface area contributed by atoms with Crippen molar-refractivity contribution in [3.63, 3.8) is 0 Å². The van der Waals surface area contributed by atoms with Crippen LogP contribution in [0.25, 0.3) is 0 Å². The van der Waals surface area contributed by atoms with Crippen molar-refractivity contribution in [1.82, 2.24) is 0 Å². The Hall–Kier alpha value is -2.30. The molecule has 1 rings (SSSR count). The number of carbonyl (C=O) groups excluding carboxylic acids is 2. The van der Waals surface area contributed by atoms with Crippen LogP contribution in [-0.2, 0) is 19.4 Å². The van der Waals surface area contributed by atoms with Crippen LogP contribution < -0.4 is 5.48 Å². The molecule has 0 bridgehead atoms. The van der Waals surface area contributed by atoms with Crippen molar-refractivity contribution in [3.8, 4) is 0 Å². The highest BCUT2D eigenvalue weighted by atomic mass is 32.2. The lowest BCUT2D eigenvalue weighted by molar-refractivity contribution is -0.139. The zero-order valence-electron chi connectivity index (χ0n) is 12.7.